The van der Waals surface area contributed by atoms with Crippen LogP contribution in [0.3, 0.4) is 0 Å². The molecule has 0 aliphatic heterocycles. The first-order chi connectivity index (χ1) is 8.48. The van der Waals surface area contributed by atoms with Gasteiger partial charge >= 0.3 is 5.76 Å². The van der Waals surface area contributed by atoms with Crippen molar-refractivity contribution in [3.05, 3.63) is 28.7 Å². The molecule has 0 radical (unpaired) electrons. The molecule has 0 saturated carbocycles. The summed E-state index contributed by atoms with van der Waals surface area (Å²) in [5.74, 6) is -0.595. The molecule has 0 aliphatic carbocycles. The molecule has 0 saturated heterocycles. The molecule has 6 nitrogen and oxygen atoms in total. The van der Waals surface area contributed by atoms with Gasteiger partial charge < -0.3 is 4.42 Å². The highest BCUT2D eigenvalue weighted by Crippen LogP contribution is 2.19. The van der Waals surface area contributed by atoms with Crippen LogP contribution in [0.25, 0.3) is 11.1 Å². The number of H-pyrrole nitrogens is 1. The number of sulfonamides is 1. The Kier molecular flexibility index (Phi) is 3.27. The average molecular weight is 270 g/mol. The van der Waals surface area contributed by atoms with Crippen molar-refractivity contribution in [3.8, 4) is 0 Å². The van der Waals surface area contributed by atoms with E-state index in [1.165, 1.54) is 22.5 Å². The van der Waals surface area contributed by atoms with Crippen LogP contribution in [0.15, 0.2) is 32.3 Å². The van der Waals surface area contributed by atoms with Crippen LogP contribution in [0.2, 0.25) is 0 Å². The Morgan fingerprint density at radius 3 is 2.56 bits per heavy atom. The van der Waals surface area contributed by atoms with Crippen LogP contribution in [0.5, 0.6) is 0 Å². The summed E-state index contributed by atoms with van der Waals surface area (Å²) in [4.78, 5) is 13.6. The minimum atomic E-state index is -3.53. The minimum Gasteiger partial charge on any atom is -0.408 e. The zero-order chi connectivity index (χ0) is 13.3. The van der Waals surface area contributed by atoms with Crippen molar-refractivity contribution in [1.82, 2.24) is 9.29 Å². The summed E-state index contributed by atoms with van der Waals surface area (Å²) < 4.78 is 30.7. The molecule has 0 amide bonds. The SMILES string of the molecule is CCN(CC)S(=O)(=O)c1ccc2[nH]c(=O)oc2c1. The van der Waals surface area contributed by atoms with Crippen molar-refractivity contribution >= 4 is 21.1 Å². The van der Waals surface area contributed by atoms with Gasteiger partial charge in [-0.1, -0.05) is 13.8 Å². The highest BCUT2D eigenvalue weighted by molar-refractivity contribution is 7.89. The molecule has 7 heteroatoms. The van der Waals surface area contributed by atoms with Gasteiger partial charge in [0.05, 0.1) is 10.4 Å². The summed E-state index contributed by atoms with van der Waals surface area (Å²) in [6, 6.07) is 4.35. The molecule has 0 aliphatic rings. The second-order valence-corrected chi connectivity index (χ2v) is 5.70. The molecule has 1 aromatic heterocycles. The maximum atomic E-state index is 12.2. The Bertz CT molecular complexity index is 710. The van der Waals surface area contributed by atoms with E-state index in [0.717, 1.165) is 0 Å². The van der Waals surface area contributed by atoms with Gasteiger partial charge in [0.25, 0.3) is 0 Å². The fourth-order valence-corrected chi connectivity index (χ4v) is 3.27. The lowest BCUT2D eigenvalue weighted by Crippen LogP contribution is -2.30. The molecule has 98 valence electrons. The molecule has 1 heterocycles. The maximum Gasteiger partial charge on any atom is 0.417 e. The van der Waals surface area contributed by atoms with E-state index in [1.807, 2.05) is 0 Å². The zero-order valence-electron chi connectivity index (χ0n) is 10.1. The van der Waals surface area contributed by atoms with E-state index >= 15 is 0 Å². The number of oxazole rings is 1. The van der Waals surface area contributed by atoms with Gasteiger partial charge in [0.1, 0.15) is 0 Å². The van der Waals surface area contributed by atoms with E-state index in [2.05, 4.69) is 4.98 Å². The van der Waals surface area contributed by atoms with Crippen molar-refractivity contribution in [2.24, 2.45) is 0 Å². The van der Waals surface area contributed by atoms with Gasteiger partial charge in [0.15, 0.2) is 5.58 Å². The first kappa shape index (κ1) is 12.8. The van der Waals surface area contributed by atoms with Crippen LogP contribution >= 0.6 is 0 Å². The topological polar surface area (TPSA) is 83.4 Å². The van der Waals surface area contributed by atoms with Crippen LogP contribution < -0.4 is 5.76 Å². The third-order valence-corrected chi connectivity index (χ3v) is 4.78. The van der Waals surface area contributed by atoms with Gasteiger partial charge in [0, 0.05) is 19.2 Å². The summed E-state index contributed by atoms with van der Waals surface area (Å²) in [5.41, 5.74) is 0.728. The lowest BCUT2D eigenvalue weighted by molar-refractivity contribution is 0.445. The Hall–Kier alpha value is -1.60. The Morgan fingerprint density at radius 2 is 1.94 bits per heavy atom. The number of nitrogens with zero attached hydrogens (tertiary/aromatic N) is 1. The van der Waals surface area contributed by atoms with Crippen LogP contribution in [-0.2, 0) is 10.0 Å². The number of fused-ring (bicyclic) bond motifs is 1. The Morgan fingerprint density at radius 1 is 1.28 bits per heavy atom. The lowest BCUT2D eigenvalue weighted by Gasteiger charge is -2.18. The minimum absolute atomic E-state index is 0.126. The summed E-state index contributed by atoms with van der Waals surface area (Å²) in [7, 11) is -3.53. The van der Waals surface area contributed by atoms with Gasteiger partial charge in [-0.3, -0.25) is 4.98 Å². The van der Waals surface area contributed by atoms with Crippen molar-refractivity contribution in [1.29, 1.82) is 0 Å². The van der Waals surface area contributed by atoms with E-state index in [9.17, 15) is 13.2 Å². The van der Waals surface area contributed by atoms with Crippen molar-refractivity contribution in [2.75, 3.05) is 13.1 Å². The number of hydrogen-bond acceptors (Lipinski definition) is 4. The standard InChI is InChI=1S/C11H14N2O4S/c1-3-13(4-2)18(15,16)8-5-6-9-10(7-8)17-11(14)12-9/h5-7H,3-4H2,1-2H3,(H,12,14). The first-order valence-electron chi connectivity index (χ1n) is 5.62. The normalized spacial score (nSPS) is 12.4. The third-order valence-electron chi connectivity index (χ3n) is 2.74. The van der Waals surface area contributed by atoms with Gasteiger partial charge in [-0.25, -0.2) is 13.2 Å². The highest BCUT2D eigenvalue weighted by atomic mass is 32.2. The number of benzene rings is 1. The summed E-state index contributed by atoms with van der Waals surface area (Å²) in [5, 5.41) is 0. The lowest BCUT2D eigenvalue weighted by atomic mass is 10.3. The predicted molar refractivity (Wildman–Crippen MR) is 66.9 cm³/mol. The van der Waals surface area contributed by atoms with E-state index in [0.29, 0.717) is 18.6 Å². The van der Waals surface area contributed by atoms with E-state index < -0.39 is 15.8 Å². The molecule has 1 aromatic carbocycles. The van der Waals surface area contributed by atoms with Gasteiger partial charge in [-0.15, -0.1) is 0 Å². The molecule has 1 N–H and O–H groups in total. The molecule has 18 heavy (non-hydrogen) atoms. The number of hydrogen-bond donors (Lipinski definition) is 1. The monoisotopic (exact) mass is 270 g/mol. The fourth-order valence-electron chi connectivity index (χ4n) is 1.80. The molecule has 2 rings (SSSR count). The number of rotatable bonds is 4. The molecule has 0 fully saturated rings. The Labute approximate surface area is 104 Å². The van der Waals surface area contributed by atoms with E-state index in [-0.39, 0.29) is 10.5 Å². The van der Waals surface area contributed by atoms with Gasteiger partial charge in [0.2, 0.25) is 10.0 Å². The largest absolute Gasteiger partial charge is 0.417 e. The average Bonchev–Trinajstić information content (AvgIpc) is 2.69. The van der Waals surface area contributed by atoms with Gasteiger partial charge in [-0.05, 0) is 12.1 Å². The van der Waals surface area contributed by atoms with Crippen LogP contribution in [0, 0.1) is 0 Å². The summed E-state index contributed by atoms with van der Waals surface area (Å²) >= 11 is 0. The first-order valence-corrected chi connectivity index (χ1v) is 7.06. The fraction of sp³-hybridized carbons (Fsp3) is 0.364. The smallest absolute Gasteiger partial charge is 0.408 e. The molecule has 2 aromatic rings. The maximum absolute atomic E-state index is 12.2. The third kappa shape index (κ3) is 2.06. The van der Waals surface area contributed by atoms with Crippen molar-refractivity contribution in [3.63, 3.8) is 0 Å². The highest BCUT2D eigenvalue weighted by Gasteiger charge is 2.22. The molecule has 0 spiro atoms. The van der Waals surface area contributed by atoms with Crippen molar-refractivity contribution in [2.45, 2.75) is 18.7 Å². The Balaban J connectivity index is 2.57. The number of aromatic nitrogens is 1. The molecule has 0 bridgehead atoms. The predicted octanol–water partition coefficient (Wildman–Crippen LogP) is 1.15. The van der Waals surface area contributed by atoms with E-state index in [1.54, 1.807) is 13.8 Å². The van der Waals surface area contributed by atoms with Crippen LogP contribution in [-0.4, -0.2) is 30.8 Å². The quantitative estimate of drug-likeness (QED) is 0.903. The summed E-state index contributed by atoms with van der Waals surface area (Å²) in [6.45, 7) is 4.34. The zero-order valence-corrected chi connectivity index (χ0v) is 11.0. The molecule has 0 unspecified atom stereocenters. The summed E-state index contributed by atoms with van der Waals surface area (Å²) in [6.07, 6.45) is 0. The number of aromatic amines is 1. The second kappa shape index (κ2) is 4.58. The molecule has 0 atom stereocenters. The second-order valence-electron chi connectivity index (χ2n) is 3.76. The number of nitrogens with one attached hydrogen (secondary N) is 1. The van der Waals surface area contributed by atoms with E-state index in [4.69, 9.17) is 4.42 Å². The molecular weight excluding hydrogens is 256 g/mol. The van der Waals surface area contributed by atoms with Gasteiger partial charge in [-0.2, -0.15) is 4.31 Å². The van der Waals surface area contributed by atoms with Crippen molar-refractivity contribution < 1.29 is 12.8 Å². The molecular formula is C11H14N2O4S. The van der Waals surface area contributed by atoms with Crippen LogP contribution in [0.1, 0.15) is 13.8 Å². The van der Waals surface area contributed by atoms with Crippen LogP contribution in [0.4, 0.5) is 0 Å².